The average molecular weight is 184 g/mol. The number of rotatable bonds is 3. The lowest BCUT2D eigenvalue weighted by Crippen LogP contribution is -1.86. The first-order chi connectivity index (χ1) is 5.77. The number of benzene rings is 1. The normalized spacial score (nSPS) is 9.92. The summed E-state index contributed by atoms with van der Waals surface area (Å²) >= 11 is 1.32. The number of ether oxygens (including phenoxy) is 1. The predicted octanol–water partition coefficient (Wildman–Crippen LogP) is 2.66. The van der Waals surface area contributed by atoms with Crippen LogP contribution in [0.3, 0.4) is 0 Å². The van der Waals surface area contributed by atoms with Gasteiger partial charge in [-0.15, -0.1) is 0 Å². The molecule has 0 aliphatic heterocycles. The largest absolute Gasteiger partial charge is 0.496 e. The molecule has 0 unspecified atom stereocenters. The summed E-state index contributed by atoms with van der Waals surface area (Å²) in [5.41, 5.74) is 1.20. The van der Waals surface area contributed by atoms with Crippen molar-refractivity contribution in [2.75, 3.05) is 14.2 Å². The standard InChI is InChI=1S/C9H12O2S/c1-7-4-5-8(10-2)9(6-7)12-11-3/h4-6H,1-3H3. The molecule has 0 aliphatic carbocycles. The molecule has 1 aromatic carbocycles. The average Bonchev–Trinajstić information content (AvgIpc) is 2.05. The molecule has 0 heterocycles. The molecule has 0 atom stereocenters. The predicted molar refractivity (Wildman–Crippen MR) is 50.6 cm³/mol. The maximum atomic E-state index is 5.15. The first-order valence-corrected chi connectivity index (χ1v) is 4.37. The van der Waals surface area contributed by atoms with Crippen LogP contribution in [0.25, 0.3) is 0 Å². The monoisotopic (exact) mass is 184 g/mol. The molecule has 1 rings (SSSR count). The second kappa shape index (κ2) is 4.38. The van der Waals surface area contributed by atoms with Crippen molar-refractivity contribution in [1.82, 2.24) is 0 Å². The van der Waals surface area contributed by atoms with Crippen molar-refractivity contribution in [2.24, 2.45) is 0 Å². The fourth-order valence-electron chi connectivity index (χ4n) is 0.939. The van der Waals surface area contributed by atoms with E-state index in [0.717, 1.165) is 10.6 Å². The van der Waals surface area contributed by atoms with Crippen molar-refractivity contribution < 1.29 is 8.92 Å². The molecule has 0 saturated heterocycles. The summed E-state index contributed by atoms with van der Waals surface area (Å²) in [6.07, 6.45) is 0. The molecule has 0 spiro atoms. The lowest BCUT2D eigenvalue weighted by atomic mass is 10.2. The second-order valence-electron chi connectivity index (χ2n) is 2.40. The van der Waals surface area contributed by atoms with Gasteiger partial charge in [0.2, 0.25) is 0 Å². The molecule has 1 aromatic rings. The van der Waals surface area contributed by atoms with Crippen LogP contribution in [-0.4, -0.2) is 14.2 Å². The molecule has 0 N–H and O–H groups in total. The molecule has 3 heteroatoms. The Kier molecular flexibility index (Phi) is 3.44. The minimum atomic E-state index is 0.854. The van der Waals surface area contributed by atoms with E-state index in [1.54, 1.807) is 14.2 Å². The SMILES string of the molecule is COSc1cc(C)ccc1OC. The number of hydrogen-bond acceptors (Lipinski definition) is 3. The van der Waals surface area contributed by atoms with Crippen LogP contribution in [0.2, 0.25) is 0 Å². The molecule has 0 saturated carbocycles. The van der Waals surface area contributed by atoms with Crippen molar-refractivity contribution in [3.8, 4) is 5.75 Å². The van der Waals surface area contributed by atoms with E-state index in [1.807, 2.05) is 25.1 Å². The molecular formula is C9H12O2S. The highest BCUT2D eigenvalue weighted by atomic mass is 32.2. The van der Waals surface area contributed by atoms with E-state index in [1.165, 1.54) is 17.6 Å². The molecule has 12 heavy (non-hydrogen) atoms. The molecular weight excluding hydrogens is 172 g/mol. The fraction of sp³-hybridized carbons (Fsp3) is 0.333. The quantitative estimate of drug-likeness (QED) is 0.673. The van der Waals surface area contributed by atoms with Gasteiger partial charge < -0.3 is 8.92 Å². The summed E-state index contributed by atoms with van der Waals surface area (Å²) in [5.74, 6) is 0.854. The zero-order valence-electron chi connectivity index (χ0n) is 7.46. The molecule has 0 fully saturated rings. The van der Waals surface area contributed by atoms with Crippen LogP contribution >= 0.6 is 12.0 Å². The van der Waals surface area contributed by atoms with Crippen molar-refractivity contribution >= 4 is 12.0 Å². The summed E-state index contributed by atoms with van der Waals surface area (Å²) < 4.78 is 10.1. The Labute approximate surface area is 77.1 Å². The van der Waals surface area contributed by atoms with Gasteiger partial charge in [0.25, 0.3) is 0 Å². The van der Waals surface area contributed by atoms with Gasteiger partial charge in [-0.1, -0.05) is 6.07 Å². The first kappa shape index (κ1) is 9.42. The number of hydrogen-bond donors (Lipinski definition) is 0. The van der Waals surface area contributed by atoms with E-state index >= 15 is 0 Å². The van der Waals surface area contributed by atoms with Crippen LogP contribution < -0.4 is 4.74 Å². The molecule has 0 bridgehead atoms. The van der Waals surface area contributed by atoms with Crippen molar-refractivity contribution in [2.45, 2.75) is 11.8 Å². The van der Waals surface area contributed by atoms with Crippen LogP contribution in [0.5, 0.6) is 5.75 Å². The summed E-state index contributed by atoms with van der Waals surface area (Å²) in [6.45, 7) is 2.04. The minimum absolute atomic E-state index is 0.854. The zero-order chi connectivity index (χ0) is 8.97. The Hall–Kier alpha value is -0.670. The highest BCUT2D eigenvalue weighted by Gasteiger charge is 2.02. The third-order valence-electron chi connectivity index (χ3n) is 1.49. The van der Waals surface area contributed by atoms with Crippen LogP contribution in [0.4, 0.5) is 0 Å². The minimum Gasteiger partial charge on any atom is -0.496 e. The molecule has 0 radical (unpaired) electrons. The van der Waals surface area contributed by atoms with Gasteiger partial charge in [0.05, 0.1) is 19.1 Å². The van der Waals surface area contributed by atoms with Gasteiger partial charge in [-0.05, 0) is 24.6 Å². The van der Waals surface area contributed by atoms with E-state index < -0.39 is 0 Å². The topological polar surface area (TPSA) is 18.5 Å². The van der Waals surface area contributed by atoms with Crippen LogP contribution in [0.1, 0.15) is 5.56 Å². The Balaban J connectivity index is 2.95. The lowest BCUT2D eigenvalue weighted by Gasteiger charge is -2.06. The van der Waals surface area contributed by atoms with Gasteiger partial charge in [-0.25, -0.2) is 0 Å². The second-order valence-corrected chi connectivity index (χ2v) is 3.34. The Morgan fingerprint density at radius 3 is 2.58 bits per heavy atom. The number of methoxy groups -OCH3 is 1. The maximum absolute atomic E-state index is 5.15. The summed E-state index contributed by atoms with van der Waals surface area (Å²) in [7, 11) is 3.30. The highest BCUT2D eigenvalue weighted by Crippen LogP contribution is 2.29. The van der Waals surface area contributed by atoms with Crippen LogP contribution in [0.15, 0.2) is 23.1 Å². The molecule has 0 aromatic heterocycles. The van der Waals surface area contributed by atoms with Crippen LogP contribution in [0, 0.1) is 6.92 Å². The highest BCUT2D eigenvalue weighted by molar-refractivity contribution is 7.94. The van der Waals surface area contributed by atoms with E-state index in [9.17, 15) is 0 Å². The van der Waals surface area contributed by atoms with E-state index in [2.05, 4.69) is 0 Å². The Morgan fingerprint density at radius 1 is 1.25 bits per heavy atom. The molecule has 0 amide bonds. The summed E-state index contributed by atoms with van der Waals surface area (Å²) in [4.78, 5) is 1.01. The van der Waals surface area contributed by atoms with E-state index in [4.69, 9.17) is 8.92 Å². The van der Waals surface area contributed by atoms with Gasteiger partial charge >= 0.3 is 0 Å². The summed E-state index contributed by atoms with van der Waals surface area (Å²) in [6, 6.07) is 5.99. The fourth-order valence-corrected chi connectivity index (χ4v) is 1.59. The van der Waals surface area contributed by atoms with E-state index in [-0.39, 0.29) is 0 Å². The lowest BCUT2D eigenvalue weighted by molar-refractivity contribution is 0.402. The zero-order valence-corrected chi connectivity index (χ0v) is 8.27. The summed E-state index contributed by atoms with van der Waals surface area (Å²) in [5, 5.41) is 0. The van der Waals surface area contributed by atoms with Crippen molar-refractivity contribution in [3.05, 3.63) is 23.8 Å². The van der Waals surface area contributed by atoms with Gasteiger partial charge in [0, 0.05) is 12.0 Å². The first-order valence-electron chi connectivity index (χ1n) is 3.63. The third-order valence-corrected chi connectivity index (χ3v) is 2.16. The third kappa shape index (κ3) is 2.16. The molecule has 0 aliphatic rings. The molecule has 66 valence electrons. The van der Waals surface area contributed by atoms with Crippen LogP contribution in [-0.2, 0) is 4.18 Å². The van der Waals surface area contributed by atoms with Crippen molar-refractivity contribution in [1.29, 1.82) is 0 Å². The van der Waals surface area contributed by atoms with Gasteiger partial charge in [0.1, 0.15) is 5.75 Å². The molecule has 2 nitrogen and oxygen atoms in total. The van der Waals surface area contributed by atoms with Gasteiger partial charge in [-0.2, -0.15) is 0 Å². The Morgan fingerprint density at radius 2 is 2.00 bits per heavy atom. The van der Waals surface area contributed by atoms with Crippen molar-refractivity contribution in [3.63, 3.8) is 0 Å². The van der Waals surface area contributed by atoms with Gasteiger partial charge in [0.15, 0.2) is 0 Å². The van der Waals surface area contributed by atoms with Gasteiger partial charge in [-0.3, -0.25) is 0 Å². The smallest absolute Gasteiger partial charge is 0.134 e. The maximum Gasteiger partial charge on any atom is 0.134 e. The Bertz CT molecular complexity index is 261. The van der Waals surface area contributed by atoms with E-state index in [0.29, 0.717) is 0 Å². The number of aryl methyl sites for hydroxylation is 1.